The van der Waals surface area contributed by atoms with Gasteiger partial charge in [-0.15, -0.1) is 0 Å². The van der Waals surface area contributed by atoms with E-state index in [-0.39, 0.29) is 30.3 Å². The summed E-state index contributed by atoms with van der Waals surface area (Å²) in [6.45, 7) is 6.82. The number of hydrogen-bond donors (Lipinski definition) is 1. The predicted octanol–water partition coefficient (Wildman–Crippen LogP) is 0.781. The van der Waals surface area contributed by atoms with Crippen LogP contribution in [0.4, 0.5) is 0 Å². The topological polar surface area (TPSA) is 50.8 Å². The van der Waals surface area contributed by atoms with Crippen LogP contribution in [0.5, 0.6) is 0 Å². The Morgan fingerprint density at radius 2 is 2.16 bits per heavy atom. The molecule has 2 aliphatic heterocycles. The Morgan fingerprint density at radius 3 is 2.79 bits per heavy atom. The van der Waals surface area contributed by atoms with Gasteiger partial charge in [0.1, 0.15) is 6.61 Å². The van der Waals surface area contributed by atoms with Crippen LogP contribution in [-0.2, 0) is 14.3 Å². The van der Waals surface area contributed by atoms with Crippen LogP contribution < -0.4 is 5.32 Å². The normalized spacial score (nSPS) is 26.0. The van der Waals surface area contributed by atoms with Gasteiger partial charge in [-0.05, 0) is 39.8 Å². The summed E-state index contributed by atoms with van der Waals surface area (Å²) in [5.41, 5.74) is 0.00289. The molecule has 110 valence electrons. The molecule has 2 heterocycles. The van der Waals surface area contributed by atoms with Crippen molar-refractivity contribution in [1.82, 2.24) is 10.2 Å². The predicted molar refractivity (Wildman–Crippen MR) is 73.0 cm³/mol. The highest BCUT2D eigenvalue weighted by molar-refractivity contribution is 5.77. The Morgan fingerprint density at radius 1 is 1.47 bits per heavy atom. The lowest BCUT2D eigenvalue weighted by atomic mass is 9.89. The summed E-state index contributed by atoms with van der Waals surface area (Å²) in [6.07, 6.45) is 3.09. The molecule has 2 aliphatic rings. The average molecular weight is 270 g/mol. The van der Waals surface area contributed by atoms with Gasteiger partial charge in [0, 0.05) is 19.5 Å². The lowest BCUT2D eigenvalue weighted by Crippen LogP contribution is -2.41. The van der Waals surface area contributed by atoms with Gasteiger partial charge in [-0.1, -0.05) is 0 Å². The van der Waals surface area contributed by atoms with Gasteiger partial charge in [0.25, 0.3) is 0 Å². The van der Waals surface area contributed by atoms with Gasteiger partial charge in [0.05, 0.1) is 18.3 Å². The maximum absolute atomic E-state index is 11.9. The second-order valence-corrected chi connectivity index (χ2v) is 5.98. The molecule has 2 rings (SSSR count). The van der Waals surface area contributed by atoms with Gasteiger partial charge >= 0.3 is 0 Å². The summed E-state index contributed by atoms with van der Waals surface area (Å²) < 4.78 is 11.7. The van der Waals surface area contributed by atoms with Crippen molar-refractivity contribution in [3.8, 4) is 0 Å². The summed E-state index contributed by atoms with van der Waals surface area (Å²) in [7, 11) is 1.82. The number of nitrogens with one attached hydrogen (secondary N) is 1. The molecule has 1 amide bonds. The Bertz CT molecular complexity index is 314. The SMILES string of the molecule is CC(C)N(C)C(=O)COC1COC2(CCNCC2)C1. The van der Waals surface area contributed by atoms with Crippen LogP contribution in [-0.4, -0.2) is 61.9 Å². The fourth-order valence-corrected chi connectivity index (χ4v) is 2.72. The lowest BCUT2D eigenvalue weighted by molar-refractivity contribution is -0.138. The minimum atomic E-state index is 0.00289. The third kappa shape index (κ3) is 3.68. The minimum Gasteiger partial charge on any atom is -0.372 e. The van der Waals surface area contributed by atoms with Crippen LogP contribution in [0, 0.1) is 0 Å². The number of rotatable bonds is 4. The van der Waals surface area contributed by atoms with E-state index in [1.54, 1.807) is 4.90 Å². The van der Waals surface area contributed by atoms with E-state index in [1.807, 2.05) is 20.9 Å². The number of hydrogen-bond acceptors (Lipinski definition) is 4. The molecule has 0 aromatic rings. The fourth-order valence-electron chi connectivity index (χ4n) is 2.72. The molecule has 0 aliphatic carbocycles. The molecule has 1 atom stereocenters. The molecular weight excluding hydrogens is 244 g/mol. The first kappa shape index (κ1) is 14.8. The van der Waals surface area contributed by atoms with E-state index in [0.717, 1.165) is 32.4 Å². The standard InChI is InChI=1S/C14H26N2O3/c1-11(2)16(3)13(17)10-18-12-8-14(19-9-12)4-6-15-7-5-14/h11-12,15H,4-10H2,1-3H3. The Kier molecular flexibility index (Phi) is 4.81. The molecule has 0 aromatic heterocycles. The zero-order valence-electron chi connectivity index (χ0n) is 12.3. The van der Waals surface area contributed by atoms with Crippen LogP contribution in [0.15, 0.2) is 0 Å². The molecule has 2 fully saturated rings. The van der Waals surface area contributed by atoms with E-state index in [1.165, 1.54) is 0 Å². The molecule has 2 saturated heterocycles. The highest BCUT2D eigenvalue weighted by Gasteiger charge is 2.41. The smallest absolute Gasteiger partial charge is 0.248 e. The van der Waals surface area contributed by atoms with Gasteiger partial charge in [0.15, 0.2) is 0 Å². The van der Waals surface area contributed by atoms with Crippen molar-refractivity contribution in [2.24, 2.45) is 0 Å². The van der Waals surface area contributed by atoms with Crippen LogP contribution >= 0.6 is 0 Å². The molecule has 1 N–H and O–H groups in total. The molecule has 1 spiro atoms. The van der Waals surface area contributed by atoms with Crippen LogP contribution in [0.25, 0.3) is 0 Å². The first-order valence-electron chi connectivity index (χ1n) is 7.24. The Balaban J connectivity index is 1.74. The number of piperidine rings is 1. The van der Waals surface area contributed by atoms with Gasteiger partial charge in [-0.2, -0.15) is 0 Å². The third-order valence-electron chi connectivity index (χ3n) is 4.30. The lowest BCUT2D eigenvalue weighted by Gasteiger charge is -2.32. The monoisotopic (exact) mass is 270 g/mol. The second kappa shape index (κ2) is 6.20. The summed E-state index contributed by atoms with van der Waals surface area (Å²) >= 11 is 0. The minimum absolute atomic E-state index is 0.00289. The van der Waals surface area contributed by atoms with E-state index >= 15 is 0 Å². The number of nitrogens with zero attached hydrogens (tertiary/aromatic N) is 1. The number of amides is 1. The summed E-state index contributed by atoms with van der Waals surface area (Å²) in [5, 5.41) is 3.35. The Labute approximate surface area is 115 Å². The van der Waals surface area contributed by atoms with Crippen molar-refractivity contribution in [1.29, 1.82) is 0 Å². The number of likely N-dealkylation sites (N-methyl/N-ethyl adjacent to an activating group) is 1. The number of ether oxygens (including phenoxy) is 2. The van der Waals surface area contributed by atoms with Crippen molar-refractivity contribution >= 4 is 5.91 Å². The second-order valence-electron chi connectivity index (χ2n) is 5.98. The molecule has 1 unspecified atom stereocenters. The van der Waals surface area contributed by atoms with Gasteiger partial charge < -0.3 is 19.7 Å². The maximum Gasteiger partial charge on any atom is 0.248 e. The molecule has 0 aromatic carbocycles. The molecule has 5 nitrogen and oxygen atoms in total. The van der Waals surface area contributed by atoms with E-state index < -0.39 is 0 Å². The van der Waals surface area contributed by atoms with E-state index in [0.29, 0.717) is 6.61 Å². The highest BCUT2D eigenvalue weighted by atomic mass is 16.6. The van der Waals surface area contributed by atoms with Gasteiger partial charge in [0.2, 0.25) is 5.91 Å². The third-order valence-corrected chi connectivity index (χ3v) is 4.30. The highest BCUT2D eigenvalue weighted by Crippen LogP contribution is 2.35. The van der Waals surface area contributed by atoms with Crippen molar-refractivity contribution < 1.29 is 14.3 Å². The number of carbonyl (C=O) groups excluding carboxylic acids is 1. The fraction of sp³-hybridized carbons (Fsp3) is 0.929. The van der Waals surface area contributed by atoms with Crippen molar-refractivity contribution in [2.45, 2.75) is 50.9 Å². The van der Waals surface area contributed by atoms with Crippen LogP contribution in [0.3, 0.4) is 0 Å². The maximum atomic E-state index is 11.9. The zero-order chi connectivity index (χ0) is 13.9. The first-order chi connectivity index (χ1) is 9.02. The molecule has 0 saturated carbocycles. The molecule has 0 bridgehead atoms. The van der Waals surface area contributed by atoms with Gasteiger partial charge in [-0.3, -0.25) is 4.79 Å². The van der Waals surface area contributed by atoms with E-state index in [4.69, 9.17) is 9.47 Å². The van der Waals surface area contributed by atoms with E-state index in [9.17, 15) is 4.79 Å². The van der Waals surface area contributed by atoms with E-state index in [2.05, 4.69) is 5.32 Å². The van der Waals surface area contributed by atoms with Crippen LogP contribution in [0.2, 0.25) is 0 Å². The number of carbonyl (C=O) groups is 1. The zero-order valence-corrected chi connectivity index (χ0v) is 12.3. The molecule has 0 radical (unpaired) electrons. The summed E-state index contributed by atoms with van der Waals surface area (Å²) in [5.74, 6) is 0.0428. The van der Waals surface area contributed by atoms with Crippen molar-refractivity contribution in [3.05, 3.63) is 0 Å². The quantitative estimate of drug-likeness (QED) is 0.820. The largest absolute Gasteiger partial charge is 0.372 e. The van der Waals surface area contributed by atoms with Gasteiger partial charge in [-0.25, -0.2) is 0 Å². The summed E-state index contributed by atoms with van der Waals surface area (Å²) in [6, 6.07) is 0.215. The van der Waals surface area contributed by atoms with Crippen LogP contribution in [0.1, 0.15) is 33.1 Å². The Hall–Kier alpha value is -0.650. The van der Waals surface area contributed by atoms with Crippen molar-refractivity contribution in [3.63, 3.8) is 0 Å². The summed E-state index contributed by atoms with van der Waals surface area (Å²) in [4.78, 5) is 13.6. The molecule has 19 heavy (non-hydrogen) atoms. The van der Waals surface area contributed by atoms with Crippen molar-refractivity contribution in [2.75, 3.05) is 33.4 Å². The molecule has 5 heteroatoms. The first-order valence-corrected chi connectivity index (χ1v) is 7.24. The average Bonchev–Trinajstić information content (AvgIpc) is 2.79. The molecular formula is C14H26N2O3.